The highest BCUT2D eigenvalue weighted by atomic mass is 127. The van der Waals surface area contributed by atoms with Gasteiger partial charge in [0.15, 0.2) is 18.3 Å². The third-order valence-electron chi connectivity index (χ3n) is 5.06. The molecule has 1 heterocycles. The van der Waals surface area contributed by atoms with Crippen molar-refractivity contribution < 1.29 is 23.8 Å². The highest BCUT2D eigenvalue weighted by molar-refractivity contribution is 14.1. The van der Waals surface area contributed by atoms with Crippen LogP contribution in [0.1, 0.15) is 31.0 Å². The van der Waals surface area contributed by atoms with Gasteiger partial charge in [-0.1, -0.05) is 18.2 Å². The Hall–Kier alpha value is -3.22. The minimum absolute atomic E-state index is 0.0678. The third kappa shape index (κ3) is 7.65. The van der Waals surface area contributed by atoms with Crippen molar-refractivity contribution in [3.05, 3.63) is 66.8 Å². The number of thiocarbonyl (C=S) groups is 1. The van der Waals surface area contributed by atoms with Crippen LogP contribution in [0.15, 0.2) is 57.2 Å². The summed E-state index contributed by atoms with van der Waals surface area (Å²) in [5.41, 5.74) is 4.70. The number of ether oxygens (including phenoxy) is 3. The molecule has 0 aromatic heterocycles. The van der Waals surface area contributed by atoms with Gasteiger partial charge >= 0.3 is 5.97 Å². The van der Waals surface area contributed by atoms with Crippen LogP contribution in [0.25, 0.3) is 0 Å². The van der Waals surface area contributed by atoms with E-state index >= 15 is 0 Å². The lowest BCUT2D eigenvalue weighted by atomic mass is 9.95. The molecule has 3 rings (SSSR count). The highest BCUT2D eigenvalue weighted by Gasteiger charge is 2.32. The van der Waals surface area contributed by atoms with Crippen molar-refractivity contribution >= 4 is 73.9 Å². The van der Waals surface area contributed by atoms with Crippen LogP contribution in [0.3, 0.4) is 0 Å². The molecular weight excluding hydrogens is 689 g/mol. The number of nitrogens with one attached hydrogen (secondary N) is 3. The number of allylic oxidation sites excluding steroid dienone is 1. The van der Waals surface area contributed by atoms with Gasteiger partial charge in [0.25, 0.3) is 5.91 Å². The van der Waals surface area contributed by atoms with Gasteiger partial charge in [-0.2, -0.15) is 10.4 Å². The Balaban J connectivity index is 1.68. The van der Waals surface area contributed by atoms with E-state index in [1.165, 1.54) is 6.21 Å². The van der Waals surface area contributed by atoms with E-state index in [9.17, 15) is 9.59 Å². The average Bonchev–Trinajstić information content (AvgIpc) is 2.87. The summed E-state index contributed by atoms with van der Waals surface area (Å²) in [5, 5.41) is 19.1. The maximum absolute atomic E-state index is 12.7. The predicted molar refractivity (Wildman–Crippen MR) is 157 cm³/mol. The topological polar surface area (TPSA) is 134 Å². The van der Waals surface area contributed by atoms with Gasteiger partial charge in [0.2, 0.25) is 0 Å². The maximum atomic E-state index is 12.7. The number of hydrogen-bond donors (Lipinski definition) is 3. The number of amides is 1. The van der Waals surface area contributed by atoms with Gasteiger partial charge in [-0.3, -0.25) is 4.79 Å². The van der Waals surface area contributed by atoms with E-state index in [0.717, 1.165) is 3.57 Å². The molecule has 1 amide bonds. The van der Waals surface area contributed by atoms with Gasteiger partial charge in [0.1, 0.15) is 17.6 Å². The standard InChI is InChI=1S/C25H23BrIN5O5S/c1-3-35-24(34)21-14(2)30-25(38)31-22(21)16-6-4-5-7-19(16)37-13-20(33)32-29-12-15-10-17(26)23(18(27)11-15)36-9-8-28/h4-7,10-12,22H,3,9,13H2,1-2H3,(H,32,33)(H2,30,31,38)/t22-/m0/s1. The normalized spacial score (nSPS) is 14.8. The van der Waals surface area contributed by atoms with Gasteiger partial charge in [0, 0.05) is 11.3 Å². The Morgan fingerprint density at radius 1 is 1.32 bits per heavy atom. The number of rotatable bonds is 10. The summed E-state index contributed by atoms with van der Waals surface area (Å²) in [6.45, 7) is 3.31. The molecule has 2 aromatic rings. The zero-order valence-corrected chi connectivity index (χ0v) is 24.9. The molecule has 10 nitrogen and oxygen atoms in total. The fraction of sp³-hybridized carbons (Fsp3) is 0.240. The molecular formula is C25H23BrIN5O5S. The quantitative estimate of drug-likeness (QED) is 0.111. The van der Waals surface area contributed by atoms with E-state index in [-0.39, 0.29) is 19.8 Å². The third-order valence-corrected chi connectivity index (χ3v) is 6.67. The largest absolute Gasteiger partial charge is 0.483 e. The Morgan fingerprint density at radius 2 is 2.08 bits per heavy atom. The van der Waals surface area contributed by atoms with Gasteiger partial charge in [-0.15, -0.1) is 0 Å². The zero-order chi connectivity index (χ0) is 27.7. The Bertz CT molecular complexity index is 1320. The molecule has 0 radical (unpaired) electrons. The number of nitrogens with zero attached hydrogens (tertiary/aromatic N) is 2. The molecule has 1 aliphatic heterocycles. The lowest BCUT2D eigenvalue weighted by Gasteiger charge is -2.30. The number of nitriles is 1. The molecule has 0 fully saturated rings. The van der Waals surface area contributed by atoms with Crippen molar-refractivity contribution in [2.45, 2.75) is 19.9 Å². The lowest BCUT2D eigenvalue weighted by Crippen LogP contribution is -2.45. The summed E-state index contributed by atoms with van der Waals surface area (Å²) in [7, 11) is 0. The maximum Gasteiger partial charge on any atom is 0.338 e. The molecule has 0 aliphatic carbocycles. The second kappa shape index (κ2) is 14.1. The van der Waals surface area contributed by atoms with Crippen molar-refractivity contribution in [2.24, 2.45) is 5.10 Å². The van der Waals surface area contributed by atoms with Gasteiger partial charge in [-0.25, -0.2) is 10.2 Å². The van der Waals surface area contributed by atoms with Crippen LogP contribution in [0.4, 0.5) is 0 Å². The smallest absolute Gasteiger partial charge is 0.338 e. The van der Waals surface area contributed by atoms with Crippen molar-refractivity contribution in [1.82, 2.24) is 16.1 Å². The highest BCUT2D eigenvalue weighted by Crippen LogP contribution is 2.34. The fourth-order valence-corrected chi connectivity index (χ4v) is 5.55. The van der Waals surface area contributed by atoms with Crippen LogP contribution < -0.4 is 25.5 Å². The first-order valence-corrected chi connectivity index (χ1v) is 13.5. The monoisotopic (exact) mass is 711 g/mol. The first-order chi connectivity index (χ1) is 18.2. The first-order valence-electron chi connectivity index (χ1n) is 11.2. The van der Waals surface area contributed by atoms with Gasteiger partial charge in [-0.05, 0) is 88.3 Å². The van der Waals surface area contributed by atoms with Crippen LogP contribution in [0.2, 0.25) is 0 Å². The van der Waals surface area contributed by atoms with Crippen LogP contribution in [0, 0.1) is 14.9 Å². The first kappa shape index (κ1) is 29.3. The number of hydrazone groups is 1. The molecule has 0 saturated carbocycles. The van der Waals surface area contributed by atoms with E-state index in [1.54, 1.807) is 50.2 Å². The number of carbonyl (C=O) groups excluding carboxylic acids is 2. The summed E-state index contributed by atoms with van der Waals surface area (Å²) in [6.07, 6.45) is 1.48. The predicted octanol–water partition coefficient (Wildman–Crippen LogP) is 3.84. The molecule has 0 bridgehead atoms. The number of halogens is 2. The summed E-state index contributed by atoms with van der Waals surface area (Å²) in [6, 6.07) is 11.9. The summed E-state index contributed by atoms with van der Waals surface area (Å²) in [5.74, 6) is -0.00863. The molecule has 1 aliphatic rings. The lowest BCUT2D eigenvalue weighted by molar-refractivity contribution is -0.139. The zero-order valence-electron chi connectivity index (χ0n) is 20.3. The van der Waals surface area contributed by atoms with Gasteiger partial charge < -0.3 is 24.8 Å². The van der Waals surface area contributed by atoms with Crippen LogP contribution >= 0.6 is 50.7 Å². The van der Waals surface area contributed by atoms with E-state index < -0.39 is 17.9 Å². The summed E-state index contributed by atoms with van der Waals surface area (Å²) >= 11 is 10.8. The van der Waals surface area contributed by atoms with E-state index in [4.69, 9.17) is 31.7 Å². The van der Waals surface area contributed by atoms with Crippen molar-refractivity contribution in [3.63, 3.8) is 0 Å². The molecule has 3 N–H and O–H groups in total. The average molecular weight is 712 g/mol. The Morgan fingerprint density at radius 3 is 2.79 bits per heavy atom. The van der Waals surface area contributed by atoms with E-state index in [0.29, 0.717) is 43.5 Å². The van der Waals surface area contributed by atoms with Gasteiger partial charge in [0.05, 0.1) is 32.5 Å². The molecule has 0 saturated heterocycles. The molecule has 198 valence electrons. The minimum Gasteiger partial charge on any atom is -0.483 e. The van der Waals surface area contributed by atoms with Crippen molar-refractivity contribution in [3.8, 4) is 17.6 Å². The summed E-state index contributed by atoms with van der Waals surface area (Å²) < 4.78 is 17.8. The number of esters is 1. The number of benzene rings is 2. The molecule has 0 spiro atoms. The Kier molecular flexibility index (Phi) is 10.9. The number of para-hydroxylation sites is 1. The van der Waals surface area contributed by atoms with Crippen molar-refractivity contribution in [1.29, 1.82) is 5.26 Å². The number of carbonyl (C=O) groups is 2. The number of hydrogen-bond acceptors (Lipinski definition) is 8. The molecule has 2 aromatic carbocycles. The molecule has 13 heteroatoms. The summed E-state index contributed by atoms with van der Waals surface area (Å²) in [4.78, 5) is 25.1. The Labute approximate surface area is 247 Å². The molecule has 38 heavy (non-hydrogen) atoms. The SMILES string of the molecule is CCOC(=O)C1=C(C)NC(=S)N[C@H]1c1ccccc1OCC(=O)NN=Cc1cc(Br)c(OCC#N)c(I)c1. The van der Waals surface area contributed by atoms with Crippen LogP contribution in [-0.2, 0) is 14.3 Å². The molecule has 0 unspecified atom stereocenters. The molecule has 1 atom stereocenters. The van der Waals surface area contributed by atoms with E-state index in [1.807, 2.05) is 6.07 Å². The van der Waals surface area contributed by atoms with Crippen molar-refractivity contribution in [2.75, 3.05) is 19.8 Å². The van der Waals surface area contributed by atoms with E-state index in [2.05, 4.69) is 59.7 Å². The van der Waals surface area contributed by atoms with Crippen LogP contribution in [-0.4, -0.2) is 43.0 Å². The second-order valence-corrected chi connectivity index (χ2v) is 10.1. The fourth-order valence-electron chi connectivity index (χ4n) is 3.51. The van der Waals surface area contributed by atoms with Crippen LogP contribution in [0.5, 0.6) is 11.5 Å². The minimum atomic E-state index is -0.624. The second-order valence-electron chi connectivity index (χ2n) is 7.67.